The first-order chi connectivity index (χ1) is 13.0. The number of nitrogens with zero attached hydrogens (tertiary/aromatic N) is 2. The number of carbonyl (C=O) groups excluding carboxylic acids is 2. The van der Waals surface area contributed by atoms with Crippen molar-refractivity contribution in [2.45, 2.75) is 13.8 Å². The minimum atomic E-state index is -0.508. The summed E-state index contributed by atoms with van der Waals surface area (Å²) in [6.45, 7) is 3.86. The van der Waals surface area contributed by atoms with E-state index in [0.29, 0.717) is 11.3 Å². The number of carbonyl (C=O) groups is 2. The van der Waals surface area contributed by atoms with Gasteiger partial charge in [0, 0.05) is 11.8 Å². The van der Waals surface area contributed by atoms with Gasteiger partial charge in [-0.05, 0) is 43.2 Å². The Kier molecular flexibility index (Phi) is 5.35. The van der Waals surface area contributed by atoms with Crippen molar-refractivity contribution in [1.82, 2.24) is 15.1 Å². The SMILES string of the molecule is COC(=O)CNC(=O)c1cn(-c2ccccc2)nc1-c1ccc(C)c(C)c1. The van der Waals surface area contributed by atoms with Crippen LogP contribution in [0.2, 0.25) is 0 Å². The van der Waals surface area contributed by atoms with Crippen LogP contribution in [-0.2, 0) is 9.53 Å². The van der Waals surface area contributed by atoms with Gasteiger partial charge in [0.25, 0.3) is 5.91 Å². The van der Waals surface area contributed by atoms with E-state index in [9.17, 15) is 9.59 Å². The molecule has 0 radical (unpaired) electrons. The van der Waals surface area contributed by atoms with Gasteiger partial charge in [-0.15, -0.1) is 0 Å². The van der Waals surface area contributed by atoms with E-state index in [2.05, 4.69) is 15.2 Å². The van der Waals surface area contributed by atoms with Crippen LogP contribution in [0, 0.1) is 13.8 Å². The van der Waals surface area contributed by atoms with Crippen LogP contribution in [0.5, 0.6) is 0 Å². The van der Waals surface area contributed by atoms with Gasteiger partial charge in [-0.25, -0.2) is 4.68 Å². The summed E-state index contributed by atoms with van der Waals surface area (Å²) >= 11 is 0. The number of rotatable bonds is 5. The van der Waals surface area contributed by atoms with Crippen molar-refractivity contribution < 1.29 is 14.3 Å². The summed E-state index contributed by atoms with van der Waals surface area (Å²) in [5.41, 5.74) is 4.92. The van der Waals surface area contributed by atoms with Gasteiger partial charge in [0.1, 0.15) is 12.2 Å². The minimum Gasteiger partial charge on any atom is -0.468 e. The maximum absolute atomic E-state index is 12.7. The van der Waals surface area contributed by atoms with Crippen LogP contribution >= 0.6 is 0 Å². The Balaban J connectivity index is 2.04. The quantitative estimate of drug-likeness (QED) is 0.707. The maximum Gasteiger partial charge on any atom is 0.325 e. The Morgan fingerprint density at radius 1 is 1.07 bits per heavy atom. The number of hydrogen-bond donors (Lipinski definition) is 1. The molecule has 0 fully saturated rings. The Morgan fingerprint density at radius 2 is 1.81 bits per heavy atom. The van der Waals surface area contributed by atoms with Crippen molar-refractivity contribution in [2.75, 3.05) is 13.7 Å². The van der Waals surface area contributed by atoms with Gasteiger partial charge in [-0.1, -0.05) is 30.3 Å². The van der Waals surface area contributed by atoms with E-state index in [0.717, 1.165) is 22.4 Å². The molecular formula is C21H21N3O3. The molecule has 0 aliphatic heterocycles. The van der Waals surface area contributed by atoms with E-state index < -0.39 is 5.97 Å². The zero-order chi connectivity index (χ0) is 19.4. The van der Waals surface area contributed by atoms with Crippen molar-refractivity contribution in [3.05, 3.63) is 71.4 Å². The summed E-state index contributed by atoms with van der Waals surface area (Å²) in [5, 5.41) is 7.21. The van der Waals surface area contributed by atoms with E-state index in [1.165, 1.54) is 7.11 Å². The molecule has 0 saturated carbocycles. The molecule has 0 unspecified atom stereocenters. The molecule has 1 amide bonds. The smallest absolute Gasteiger partial charge is 0.325 e. The second kappa shape index (κ2) is 7.86. The Hall–Kier alpha value is -3.41. The Morgan fingerprint density at radius 3 is 2.48 bits per heavy atom. The third kappa shape index (κ3) is 4.06. The molecule has 2 aromatic carbocycles. The zero-order valence-electron chi connectivity index (χ0n) is 15.5. The first kappa shape index (κ1) is 18.4. The highest BCUT2D eigenvalue weighted by Crippen LogP contribution is 2.25. The molecule has 138 valence electrons. The zero-order valence-corrected chi connectivity index (χ0v) is 15.5. The van der Waals surface area contributed by atoms with Gasteiger partial charge in [0.15, 0.2) is 0 Å². The number of ether oxygens (including phenoxy) is 1. The first-order valence-electron chi connectivity index (χ1n) is 8.57. The highest BCUT2D eigenvalue weighted by molar-refractivity contribution is 6.01. The molecule has 6 heteroatoms. The Bertz CT molecular complexity index is 978. The summed E-state index contributed by atoms with van der Waals surface area (Å²) in [7, 11) is 1.28. The molecule has 1 aromatic heterocycles. The molecule has 0 saturated heterocycles. The molecule has 3 aromatic rings. The van der Waals surface area contributed by atoms with Crippen LogP contribution in [0.4, 0.5) is 0 Å². The number of aryl methyl sites for hydroxylation is 2. The molecule has 0 bridgehead atoms. The van der Waals surface area contributed by atoms with Crippen molar-refractivity contribution >= 4 is 11.9 Å². The lowest BCUT2D eigenvalue weighted by atomic mass is 10.0. The predicted molar refractivity (Wildman–Crippen MR) is 103 cm³/mol. The van der Waals surface area contributed by atoms with Gasteiger partial charge in [-0.3, -0.25) is 9.59 Å². The topological polar surface area (TPSA) is 73.2 Å². The van der Waals surface area contributed by atoms with Gasteiger partial charge in [0.2, 0.25) is 0 Å². The minimum absolute atomic E-state index is 0.196. The number of aromatic nitrogens is 2. The van der Waals surface area contributed by atoms with Crippen molar-refractivity contribution in [1.29, 1.82) is 0 Å². The first-order valence-corrected chi connectivity index (χ1v) is 8.57. The average Bonchev–Trinajstić information content (AvgIpc) is 3.14. The molecular weight excluding hydrogens is 342 g/mol. The normalized spacial score (nSPS) is 10.5. The van der Waals surface area contributed by atoms with Crippen LogP contribution in [0.3, 0.4) is 0 Å². The molecule has 0 spiro atoms. The van der Waals surface area contributed by atoms with Gasteiger partial charge < -0.3 is 10.1 Å². The maximum atomic E-state index is 12.7. The molecule has 0 atom stereocenters. The molecule has 1 N–H and O–H groups in total. The monoisotopic (exact) mass is 363 g/mol. The summed E-state index contributed by atoms with van der Waals surface area (Å²) in [4.78, 5) is 24.0. The molecule has 0 aliphatic carbocycles. The van der Waals surface area contributed by atoms with Crippen LogP contribution < -0.4 is 5.32 Å². The number of methoxy groups -OCH3 is 1. The summed E-state index contributed by atoms with van der Waals surface area (Å²) in [6.07, 6.45) is 1.67. The summed E-state index contributed by atoms with van der Waals surface area (Å²) < 4.78 is 6.24. The van der Waals surface area contributed by atoms with Crippen LogP contribution in [0.15, 0.2) is 54.7 Å². The van der Waals surface area contributed by atoms with Crippen LogP contribution in [-0.4, -0.2) is 35.3 Å². The summed E-state index contributed by atoms with van der Waals surface area (Å²) in [6, 6.07) is 15.5. The lowest BCUT2D eigenvalue weighted by molar-refractivity contribution is -0.139. The highest BCUT2D eigenvalue weighted by atomic mass is 16.5. The summed E-state index contributed by atoms with van der Waals surface area (Å²) in [5.74, 6) is -0.887. The fourth-order valence-electron chi connectivity index (χ4n) is 2.67. The molecule has 0 aliphatic rings. The third-order valence-corrected chi connectivity index (χ3v) is 4.38. The third-order valence-electron chi connectivity index (χ3n) is 4.38. The number of amides is 1. The number of para-hydroxylation sites is 1. The fraction of sp³-hybridized carbons (Fsp3) is 0.190. The molecule has 27 heavy (non-hydrogen) atoms. The average molecular weight is 363 g/mol. The van der Waals surface area contributed by atoms with Crippen molar-refractivity contribution in [3.8, 4) is 16.9 Å². The van der Waals surface area contributed by atoms with E-state index in [4.69, 9.17) is 0 Å². The molecule has 6 nitrogen and oxygen atoms in total. The number of nitrogens with one attached hydrogen (secondary N) is 1. The van der Waals surface area contributed by atoms with E-state index in [1.54, 1.807) is 10.9 Å². The van der Waals surface area contributed by atoms with Gasteiger partial charge in [-0.2, -0.15) is 5.10 Å². The standard InChI is InChI=1S/C21H21N3O3/c1-14-9-10-16(11-15(14)2)20-18(21(26)22-12-19(25)27-3)13-24(23-20)17-7-5-4-6-8-17/h4-11,13H,12H2,1-3H3,(H,22,26). The van der Waals surface area contributed by atoms with Gasteiger partial charge in [0.05, 0.1) is 18.4 Å². The van der Waals surface area contributed by atoms with E-state index in [-0.39, 0.29) is 12.5 Å². The fourth-order valence-corrected chi connectivity index (χ4v) is 2.67. The van der Waals surface area contributed by atoms with E-state index >= 15 is 0 Å². The molecule has 1 heterocycles. The lowest BCUT2D eigenvalue weighted by Crippen LogP contribution is -2.30. The largest absolute Gasteiger partial charge is 0.468 e. The van der Waals surface area contributed by atoms with Crippen LogP contribution in [0.25, 0.3) is 16.9 Å². The number of esters is 1. The molecule has 3 rings (SSSR count). The second-order valence-corrected chi connectivity index (χ2v) is 6.23. The predicted octanol–water partition coefficient (Wildman–Crippen LogP) is 3.06. The number of benzene rings is 2. The lowest BCUT2D eigenvalue weighted by Gasteiger charge is -2.06. The Labute approximate surface area is 157 Å². The highest BCUT2D eigenvalue weighted by Gasteiger charge is 2.19. The second-order valence-electron chi connectivity index (χ2n) is 6.23. The van der Waals surface area contributed by atoms with Crippen LogP contribution in [0.1, 0.15) is 21.5 Å². The van der Waals surface area contributed by atoms with Crippen molar-refractivity contribution in [3.63, 3.8) is 0 Å². The van der Waals surface area contributed by atoms with Gasteiger partial charge >= 0.3 is 5.97 Å². The van der Waals surface area contributed by atoms with E-state index in [1.807, 2.05) is 62.4 Å². The number of hydrogen-bond acceptors (Lipinski definition) is 4. The van der Waals surface area contributed by atoms with Crippen molar-refractivity contribution in [2.24, 2.45) is 0 Å².